The highest BCUT2D eigenvalue weighted by molar-refractivity contribution is 5.84. The number of nitrogens with one attached hydrogen (secondary N) is 1. The number of nitrogens with zero attached hydrogens (tertiary/aromatic N) is 1. The number of esters is 1. The van der Waals surface area contributed by atoms with Gasteiger partial charge in [-0.2, -0.15) is 0 Å². The molecule has 0 aliphatic carbocycles. The largest absolute Gasteiger partial charge is 0.458 e. The van der Waals surface area contributed by atoms with Crippen molar-refractivity contribution in [1.29, 1.82) is 0 Å². The highest BCUT2D eigenvalue weighted by atomic mass is 16.6. The zero-order valence-electron chi connectivity index (χ0n) is 19.6. The molecule has 0 bridgehead atoms. The quantitative estimate of drug-likeness (QED) is 0.496. The van der Waals surface area contributed by atoms with E-state index < -0.39 is 41.3 Å². The van der Waals surface area contributed by atoms with Gasteiger partial charge in [-0.05, 0) is 60.3 Å². The Morgan fingerprint density at radius 3 is 2.10 bits per heavy atom. The summed E-state index contributed by atoms with van der Waals surface area (Å²) in [4.78, 5) is 50.5. The number of amides is 2. The third kappa shape index (κ3) is 7.95. The predicted octanol–water partition coefficient (Wildman–Crippen LogP) is 3.07. The molecule has 1 aliphatic rings. The molecule has 1 fully saturated rings. The van der Waals surface area contributed by atoms with Crippen LogP contribution in [0.15, 0.2) is 0 Å². The predicted molar refractivity (Wildman–Crippen MR) is 113 cm³/mol. The average molecular weight is 427 g/mol. The number of hydrogen-bond acceptors (Lipinski definition) is 6. The first-order valence-electron chi connectivity index (χ1n) is 10.6. The lowest BCUT2D eigenvalue weighted by atomic mass is 9.90. The second kappa shape index (κ2) is 10.3. The lowest BCUT2D eigenvalue weighted by Gasteiger charge is -2.34. The van der Waals surface area contributed by atoms with Crippen molar-refractivity contribution < 1.29 is 28.7 Å². The lowest BCUT2D eigenvalue weighted by Crippen LogP contribution is -2.50. The minimum Gasteiger partial charge on any atom is -0.458 e. The SMILES string of the molecule is CCC(CNC(C)=O)C[C@@H]1[C@H](C=O)C[C@H](C(=O)OC(C)(C)C)N1C(=O)OC(C)(C)C. The van der Waals surface area contributed by atoms with Gasteiger partial charge in [-0.1, -0.05) is 13.3 Å². The van der Waals surface area contributed by atoms with E-state index in [-0.39, 0.29) is 18.2 Å². The van der Waals surface area contributed by atoms with Gasteiger partial charge in [0.2, 0.25) is 5.91 Å². The minimum atomic E-state index is -0.891. The van der Waals surface area contributed by atoms with Gasteiger partial charge in [-0.25, -0.2) is 9.59 Å². The van der Waals surface area contributed by atoms with Crippen molar-refractivity contribution in [3.05, 3.63) is 0 Å². The highest BCUT2D eigenvalue weighted by Crippen LogP contribution is 2.36. The van der Waals surface area contributed by atoms with Crippen LogP contribution in [0.25, 0.3) is 0 Å². The zero-order chi connectivity index (χ0) is 23.3. The first-order valence-corrected chi connectivity index (χ1v) is 10.6. The topological polar surface area (TPSA) is 102 Å². The Bertz CT molecular complexity index is 635. The third-order valence-electron chi connectivity index (χ3n) is 4.93. The molecule has 0 radical (unpaired) electrons. The van der Waals surface area contributed by atoms with Crippen molar-refractivity contribution in [3.8, 4) is 0 Å². The molecule has 1 unspecified atom stereocenters. The smallest absolute Gasteiger partial charge is 0.411 e. The van der Waals surface area contributed by atoms with Crippen molar-refractivity contribution in [2.75, 3.05) is 6.54 Å². The fourth-order valence-corrected chi connectivity index (χ4v) is 3.58. The van der Waals surface area contributed by atoms with Gasteiger partial charge in [-0.3, -0.25) is 9.69 Å². The molecule has 4 atom stereocenters. The van der Waals surface area contributed by atoms with Crippen LogP contribution in [0.2, 0.25) is 0 Å². The molecular weight excluding hydrogens is 388 g/mol. The van der Waals surface area contributed by atoms with Gasteiger partial charge in [0.05, 0.1) is 0 Å². The molecule has 0 saturated carbocycles. The van der Waals surface area contributed by atoms with Gasteiger partial charge < -0.3 is 19.6 Å². The van der Waals surface area contributed by atoms with E-state index in [1.54, 1.807) is 41.5 Å². The number of carbonyl (C=O) groups is 4. The molecule has 172 valence electrons. The van der Waals surface area contributed by atoms with E-state index in [0.29, 0.717) is 13.0 Å². The normalized spacial score (nSPS) is 22.9. The second-order valence-corrected chi connectivity index (χ2v) is 9.99. The van der Waals surface area contributed by atoms with E-state index in [9.17, 15) is 19.2 Å². The molecule has 0 aromatic rings. The summed E-state index contributed by atoms with van der Waals surface area (Å²) in [6.45, 7) is 14.4. The van der Waals surface area contributed by atoms with E-state index in [1.165, 1.54) is 11.8 Å². The summed E-state index contributed by atoms with van der Waals surface area (Å²) in [5.41, 5.74) is -1.47. The number of ether oxygens (including phenoxy) is 2. The summed E-state index contributed by atoms with van der Waals surface area (Å²) in [5, 5.41) is 2.80. The van der Waals surface area contributed by atoms with Gasteiger partial charge in [-0.15, -0.1) is 0 Å². The molecule has 8 nitrogen and oxygen atoms in total. The fraction of sp³-hybridized carbons (Fsp3) is 0.818. The molecular formula is C22H38N2O6. The molecule has 8 heteroatoms. The summed E-state index contributed by atoms with van der Waals surface area (Å²) < 4.78 is 11.1. The van der Waals surface area contributed by atoms with Crippen LogP contribution < -0.4 is 5.32 Å². The lowest BCUT2D eigenvalue weighted by molar-refractivity contribution is -0.160. The molecule has 0 aromatic heterocycles. The Labute approximate surface area is 180 Å². The zero-order valence-corrected chi connectivity index (χ0v) is 19.6. The molecule has 2 amide bonds. The van der Waals surface area contributed by atoms with E-state index in [2.05, 4.69) is 5.32 Å². The molecule has 1 heterocycles. The first-order chi connectivity index (χ1) is 13.7. The Kier molecular flexibility index (Phi) is 8.87. The van der Waals surface area contributed by atoms with Crippen molar-refractivity contribution >= 4 is 24.3 Å². The van der Waals surface area contributed by atoms with Crippen LogP contribution in [0.5, 0.6) is 0 Å². The third-order valence-corrected chi connectivity index (χ3v) is 4.93. The van der Waals surface area contributed by atoms with E-state index >= 15 is 0 Å². The monoisotopic (exact) mass is 426 g/mol. The maximum Gasteiger partial charge on any atom is 0.411 e. The summed E-state index contributed by atoms with van der Waals surface area (Å²) in [7, 11) is 0. The van der Waals surface area contributed by atoms with Gasteiger partial charge >= 0.3 is 12.1 Å². The second-order valence-electron chi connectivity index (χ2n) is 9.99. The van der Waals surface area contributed by atoms with Gasteiger partial charge in [0, 0.05) is 25.4 Å². The maximum atomic E-state index is 13.1. The Morgan fingerprint density at radius 2 is 1.67 bits per heavy atom. The standard InChI is InChI=1S/C22H38N2O6/c1-9-15(12-23-14(2)26)10-17-16(13-25)11-18(19(27)29-21(3,4)5)24(17)20(28)30-22(6,7)8/h13,15-18H,9-12H2,1-8H3,(H,23,26)/t15?,16-,17+,18+/m0/s1. The van der Waals surface area contributed by atoms with Crippen molar-refractivity contribution in [1.82, 2.24) is 10.2 Å². The molecule has 1 N–H and O–H groups in total. The van der Waals surface area contributed by atoms with Crippen LogP contribution >= 0.6 is 0 Å². The molecule has 30 heavy (non-hydrogen) atoms. The molecule has 1 aliphatic heterocycles. The van der Waals surface area contributed by atoms with Gasteiger partial charge in [0.15, 0.2) is 0 Å². The summed E-state index contributed by atoms with van der Waals surface area (Å²) in [6, 6.07) is -1.40. The Morgan fingerprint density at radius 1 is 1.10 bits per heavy atom. The molecule has 0 spiro atoms. The Balaban J connectivity index is 3.21. The number of hydrogen-bond donors (Lipinski definition) is 1. The van der Waals surface area contributed by atoms with Crippen LogP contribution in [-0.2, 0) is 23.9 Å². The summed E-state index contributed by atoms with van der Waals surface area (Å²) in [6.07, 6.45) is 1.58. The minimum absolute atomic E-state index is 0.0451. The van der Waals surface area contributed by atoms with Gasteiger partial charge in [0.1, 0.15) is 23.5 Å². The van der Waals surface area contributed by atoms with Crippen LogP contribution in [0, 0.1) is 11.8 Å². The number of carbonyl (C=O) groups excluding carboxylic acids is 4. The number of likely N-dealkylation sites (tertiary alicyclic amines) is 1. The van der Waals surface area contributed by atoms with E-state index in [0.717, 1.165) is 12.7 Å². The van der Waals surface area contributed by atoms with Crippen LogP contribution in [0.1, 0.15) is 74.7 Å². The Hall–Kier alpha value is -2.12. The average Bonchev–Trinajstić information content (AvgIpc) is 2.93. The van der Waals surface area contributed by atoms with Crippen molar-refractivity contribution in [2.24, 2.45) is 11.8 Å². The van der Waals surface area contributed by atoms with Crippen molar-refractivity contribution in [3.63, 3.8) is 0 Å². The summed E-state index contributed by atoms with van der Waals surface area (Å²) >= 11 is 0. The molecule has 1 rings (SSSR count). The van der Waals surface area contributed by atoms with Gasteiger partial charge in [0.25, 0.3) is 0 Å². The van der Waals surface area contributed by atoms with Crippen LogP contribution in [0.3, 0.4) is 0 Å². The van der Waals surface area contributed by atoms with E-state index in [1.807, 2.05) is 6.92 Å². The molecule has 0 aromatic carbocycles. The highest BCUT2D eigenvalue weighted by Gasteiger charge is 2.50. The maximum absolute atomic E-state index is 13.1. The van der Waals surface area contributed by atoms with Crippen LogP contribution in [-0.4, -0.2) is 59.0 Å². The molecule has 1 saturated heterocycles. The van der Waals surface area contributed by atoms with E-state index in [4.69, 9.17) is 9.47 Å². The fourth-order valence-electron chi connectivity index (χ4n) is 3.58. The number of aldehydes is 1. The van der Waals surface area contributed by atoms with Crippen molar-refractivity contribution in [2.45, 2.75) is 97.9 Å². The summed E-state index contributed by atoms with van der Waals surface area (Å²) in [5.74, 6) is -1.15. The van der Waals surface area contributed by atoms with Crippen LogP contribution in [0.4, 0.5) is 4.79 Å². The number of rotatable bonds is 7. The first kappa shape index (κ1) is 25.9.